The number of aromatic amines is 1. The van der Waals surface area contributed by atoms with Gasteiger partial charge in [0.05, 0.1) is 5.39 Å². The monoisotopic (exact) mass is 291 g/mol. The van der Waals surface area contributed by atoms with Gasteiger partial charge in [-0.05, 0) is 17.7 Å². The number of rotatable bonds is 3. The number of benzene rings is 2. The third-order valence-corrected chi connectivity index (χ3v) is 3.38. The van der Waals surface area contributed by atoms with E-state index in [0.29, 0.717) is 10.8 Å². The molecule has 0 aliphatic carbocycles. The van der Waals surface area contributed by atoms with Crippen LogP contribution in [0, 0.1) is 0 Å². The molecule has 3 aromatic rings. The molecular formula is C18H13NO3. The van der Waals surface area contributed by atoms with Crippen molar-refractivity contribution in [1.82, 2.24) is 4.98 Å². The third-order valence-electron chi connectivity index (χ3n) is 3.38. The van der Waals surface area contributed by atoms with Crippen molar-refractivity contribution in [2.75, 3.05) is 0 Å². The molecule has 0 fully saturated rings. The second-order valence-electron chi connectivity index (χ2n) is 4.83. The number of allylic oxidation sites excluding steroid dienone is 1. The van der Waals surface area contributed by atoms with Gasteiger partial charge in [0.1, 0.15) is 5.69 Å². The van der Waals surface area contributed by atoms with Crippen molar-refractivity contribution < 1.29 is 9.90 Å². The molecule has 2 aromatic carbocycles. The molecular weight excluding hydrogens is 278 g/mol. The van der Waals surface area contributed by atoms with Gasteiger partial charge in [-0.3, -0.25) is 9.59 Å². The van der Waals surface area contributed by atoms with E-state index in [9.17, 15) is 14.7 Å². The molecule has 0 unspecified atom stereocenters. The van der Waals surface area contributed by atoms with Gasteiger partial charge in [-0.1, -0.05) is 54.6 Å². The van der Waals surface area contributed by atoms with Gasteiger partial charge >= 0.3 is 0 Å². The Labute approximate surface area is 126 Å². The Balaban J connectivity index is 2.03. The molecule has 0 saturated heterocycles. The maximum Gasteiger partial charge on any atom is 0.256 e. The summed E-state index contributed by atoms with van der Waals surface area (Å²) in [7, 11) is 0. The van der Waals surface area contributed by atoms with Crippen molar-refractivity contribution in [2.45, 2.75) is 0 Å². The van der Waals surface area contributed by atoms with Crippen molar-refractivity contribution in [3.8, 4) is 5.75 Å². The van der Waals surface area contributed by atoms with Crippen LogP contribution in [0.15, 0.2) is 65.5 Å². The van der Waals surface area contributed by atoms with Crippen LogP contribution in [0.4, 0.5) is 0 Å². The van der Waals surface area contributed by atoms with Crippen molar-refractivity contribution in [3.63, 3.8) is 0 Å². The van der Waals surface area contributed by atoms with Gasteiger partial charge < -0.3 is 10.1 Å². The van der Waals surface area contributed by atoms with E-state index in [1.54, 1.807) is 30.3 Å². The average molecular weight is 291 g/mol. The van der Waals surface area contributed by atoms with E-state index in [0.717, 1.165) is 5.56 Å². The molecule has 0 aliphatic rings. The Morgan fingerprint density at radius 1 is 0.955 bits per heavy atom. The molecule has 0 radical (unpaired) electrons. The molecule has 0 amide bonds. The second kappa shape index (κ2) is 5.69. The van der Waals surface area contributed by atoms with Crippen LogP contribution in [0.5, 0.6) is 5.75 Å². The first-order valence-electron chi connectivity index (χ1n) is 6.78. The number of carbonyl (C=O) groups excluding carboxylic acids is 1. The maximum atomic E-state index is 12.2. The fourth-order valence-electron chi connectivity index (χ4n) is 2.26. The lowest BCUT2D eigenvalue weighted by atomic mass is 10.1. The first-order valence-corrected chi connectivity index (χ1v) is 6.78. The Hall–Kier alpha value is -3.14. The summed E-state index contributed by atoms with van der Waals surface area (Å²) in [5.74, 6) is -0.665. The van der Waals surface area contributed by atoms with Crippen LogP contribution < -0.4 is 5.56 Å². The van der Waals surface area contributed by atoms with Gasteiger partial charge in [-0.15, -0.1) is 0 Å². The molecule has 1 aromatic heterocycles. The maximum absolute atomic E-state index is 12.2. The number of aromatic nitrogens is 1. The van der Waals surface area contributed by atoms with Gasteiger partial charge in [-0.2, -0.15) is 0 Å². The Bertz CT molecular complexity index is 924. The molecule has 4 nitrogen and oxygen atoms in total. The zero-order valence-corrected chi connectivity index (χ0v) is 11.6. The number of fused-ring (bicyclic) bond motifs is 1. The molecule has 0 atom stereocenters. The fraction of sp³-hybridized carbons (Fsp3) is 0. The summed E-state index contributed by atoms with van der Waals surface area (Å²) in [6.07, 6.45) is 2.96. The average Bonchev–Trinajstić information content (AvgIpc) is 2.57. The zero-order chi connectivity index (χ0) is 15.5. The topological polar surface area (TPSA) is 70.2 Å². The van der Waals surface area contributed by atoms with Crippen LogP contribution >= 0.6 is 0 Å². The lowest BCUT2D eigenvalue weighted by molar-refractivity contribution is 0.104. The first-order chi connectivity index (χ1) is 10.7. The number of hydrogen-bond acceptors (Lipinski definition) is 3. The summed E-state index contributed by atoms with van der Waals surface area (Å²) < 4.78 is 0. The van der Waals surface area contributed by atoms with Gasteiger partial charge in [-0.25, -0.2) is 0 Å². The highest BCUT2D eigenvalue weighted by Crippen LogP contribution is 2.25. The lowest BCUT2D eigenvalue weighted by Crippen LogP contribution is -2.12. The highest BCUT2D eigenvalue weighted by molar-refractivity contribution is 6.10. The molecule has 108 valence electrons. The minimum Gasteiger partial charge on any atom is -0.505 e. The van der Waals surface area contributed by atoms with Crippen molar-refractivity contribution in [1.29, 1.82) is 0 Å². The predicted octanol–water partition coefficient (Wildman–Crippen LogP) is 3.13. The van der Waals surface area contributed by atoms with Crippen LogP contribution in [-0.4, -0.2) is 15.9 Å². The highest BCUT2D eigenvalue weighted by Gasteiger charge is 2.14. The van der Waals surface area contributed by atoms with Crippen molar-refractivity contribution in [2.24, 2.45) is 0 Å². The summed E-state index contributed by atoms with van der Waals surface area (Å²) >= 11 is 0. The van der Waals surface area contributed by atoms with Crippen molar-refractivity contribution in [3.05, 3.63) is 82.3 Å². The summed E-state index contributed by atoms with van der Waals surface area (Å²) in [4.78, 5) is 26.7. The number of hydrogen-bond donors (Lipinski definition) is 2. The van der Waals surface area contributed by atoms with E-state index >= 15 is 0 Å². The number of aromatic hydroxyl groups is 1. The summed E-state index contributed by atoms with van der Waals surface area (Å²) in [5, 5.41) is 10.9. The van der Waals surface area contributed by atoms with E-state index in [1.807, 2.05) is 30.3 Å². The van der Waals surface area contributed by atoms with E-state index in [-0.39, 0.29) is 11.4 Å². The molecule has 0 saturated carbocycles. The molecule has 22 heavy (non-hydrogen) atoms. The Morgan fingerprint density at radius 2 is 1.59 bits per heavy atom. The van der Waals surface area contributed by atoms with E-state index < -0.39 is 11.3 Å². The van der Waals surface area contributed by atoms with E-state index in [1.165, 1.54) is 6.08 Å². The van der Waals surface area contributed by atoms with Gasteiger partial charge in [0, 0.05) is 5.39 Å². The van der Waals surface area contributed by atoms with Gasteiger partial charge in [0.15, 0.2) is 5.75 Å². The molecule has 2 N–H and O–H groups in total. The normalized spacial score (nSPS) is 11.1. The van der Waals surface area contributed by atoms with Crippen molar-refractivity contribution >= 4 is 22.6 Å². The fourth-order valence-corrected chi connectivity index (χ4v) is 2.26. The second-order valence-corrected chi connectivity index (χ2v) is 4.83. The number of carbonyl (C=O) groups is 1. The van der Waals surface area contributed by atoms with Crippen LogP contribution in [-0.2, 0) is 0 Å². The smallest absolute Gasteiger partial charge is 0.256 e. The van der Waals surface area contributed by atoms with Crippen LogP contribution in [0.3, 0.4) is 0 Å². The largest absolute Gasteiger partial charge is 0.505 e. The third kappa shape index (κ3) is 2.54. The summed E-state index contributed by atoms with van der Waals surface area (Å²) in [6.45, 7) is 0. The molecule has 0 spiro atoms. The molecule has 4 heteroatoms. The van der Waals surface area contributed by atoms with Crippen LogP contribution in [0.25, 0.3) is 16.8 Å². The predicted molar refractivity (Wildman–Crippen MR) is 86.0 cm³/mol. The van der Waals surface area contributed by atoms with Crippen LogP contribution in [0.2, 0.25) is 0 Å². The summed E-state index contributed by atoms with van der Waals surface area (Å²) in [6, 6.07) is 15.9. The van der Waals surface area contributed by atoms with Gasteiger partial charge in [0.25, 0.3) is 5.56 Å². The van der Waals surface area contributed by atoms with E-state index in [4.69, 9.17) is 0 Å². The SMILES string of the molecule is O=C(/C=C/c1ccccc1)c1[nH]c(=O)c2ccccc2c1O. The van der Waals surface area contributed by atoms with Gasteiger partial charge in [0.2, 0.25) is 5.78 Å². The van der Waals surface area contributed by atoms with E-state index in [2.05, 4.69) is 4.98 Å². The quantitative estimate of drug-likeness (QED) is 0.575. The molecule has 1 heterocycles. The molecule has 0 bridgehead atoms. The number of ketones is 1. The molecule has 0 aliphatic heterocycles. The number of H-pyrrole nitrogens is 1. The number of nitrogens with one attached hydrogen (secondary N) is 1. The minimum atomic E-state index is -0.454. The molecule has 3 rings (SSSR count). The Morgan fingerprint density at radius 3 is 2.32 bits per heavy atom. The van der Waals surface area contributed by atoms with Crippen LogP contribution in [0.1, 0.15) is 16.1 Å². The minimum absolute atomic E-state index is 0.101. The summed E-state index contributed by atoms with van der Waals surface area (Å²) in [5.41, 5.74) is 0.360. The number of pyridine rings is 1. The zero-order valence-electron chi connectivity index (χ0n) is 11.6. The Kier molecular flexibility index (Phi) is 3.58. The highest BCUT2D eigenvalue weighted by atomic mass is 16.3. The lowest BCUT2D eigenvalue weighted by Gasteiger charge is -2.04. The first kappa shape index (κ1) is 13.8. The standard InChI is InChI=1S/C18H13NO3/c20-15(11-10-12-6-2-1-3-7-12)16-17(21)13-8-4-5-9-14(13)18(22)19-16/h1-11,21H,(H,19,22)/b11-10+.